The molecule has 3 heteroatoms. The van der Waals surface area contributed by atoms with E-state index in [1.165, 1.54) is 9.13 Å². The molecule has 2 atom stereocenters. The highest BCUT2D eigenvalue weighted by Gasteiger charge is 2.12. The Kier molecular flexibility index (Phi) is 3.70. The second-order valence-electron chi connectivity index (χ2n) is 3.28. The third-order valence-corrected chi connectivity index (χ3v) is 3.30. The molecule has 0 radical (unpaired) electrons. The van der Waals surface area contributed by atoms with Gasteiger partial charge in [0.05, 0.1) is 12.1 Å². The van der Waals surface area contributed by atoms with E-state index in [4.69, 9.17) is 5.73 Å². The Morgan fingerprint density at radius 1 is 1.46 bits per heavy atom. The average molecular weight is 291 g/mol. The highest BCUT2D eigenvalue weighted by molar-refractivity contribution is 14.1. The van der Waals surface area contributed by atoms with Gasteiger partial charge in [-0.15, -0.1) is 0 Å². The van der Waals surface area contributed by atoms with E-state index in [1.807, 2.05) is 25.1 Å². The van der Waals surface area contributed by atoms with Crippen LogP contribution < -0.4 is 5.73 Å². The van der Waals surface area contributed by atoms with Crippen LogP contribution in [0.15, 0.2) is 18.2 Å². The predicted molar refractivity (Wildman–Crippen MR) is 62.5 cm³/mol. The number of benzene rings is 1. The maximum Gasteiger partial charge on any atom is 0.0704 e. The summed E-state index contributed by atoms with van der Waals surface area (Å²) in [4.78, 5) is 0. The third-order valence-electron chi connectivity index (χ3n) is 2.09. The first-order valence-corrected chi connectivity index (χ1v) is 5.30. The van der Waals surface area contributed by atoms with Gasteiger partial charge in [0.15, 0.2) is 0 Å². The second-order valence-corrected chi connectivity index (χ2v) is 4.44. The lowest BCUT2D eigenvalue weighted by atomic mass is 10.0. The van der Waals surface area contributed by atoms with E-state index < -0.39 is 6.10 Å². The van der Waals surface area contributed by atoms with Crippen LogP contribution >= 0.6 is 22.6 Å². The third kappa shape index (κ3) is 2.65. The van der Waals surface area contributed by atoms with Gasteiger partial charge >= 0.3 is 0 Å². The maximum atomic E-state index is 9.31. The molecule has 0 aliphatic heterocycles. The van der Waals surface area contributed by atoms with Crippen molar-refractivity contribution in [3.8, 4) is 0 Å². The molecule has 3 N–H and O–H groups in total. The van der Waals surface area contributed by atoms with Crippen LogP contribution in [0.4, 0.5) is 0 Å². The molecular formula is C10H14INO. The fraction of sp³-hybridized carbons (Fsp3) is 0.400. The number of halogens is 1. The monoisotopic (exact) mass is 291 g/mol. The van der Waals surface area contributed by atoms with Crippen molar-refractivity contribution in [2.45, 2.75) is 26.0 Å². The number of aliphatic hydroxyl groups excluding tert-OH is 1. The van der Waals surface area contributed by atoms with Crippen LogP contribution in [0.5, 0.6) is 0 Å². The van der Waals surface area contributed by atoms with E-state index in [0.29, 0.717) is 0 Å². The molecule has 0 unspecified atom stereocenters. The molecule has 0 aliphatic rings. The minimum Gasteiger partial charge on any atom is -0.391 e. The van der Waals surface area contributed by atoms with Gasteiger partial charge in [-0.05, 0) is 53.6 Å². The molecule has 2 nitrogen and oxygen atoms in total. The average Bonchev–Trinajstić information content (AvgIpc) is 2.08. The van der Waals surface area contributed by atoms with Crippen LogP contribution in [-0.2, 0) is 0 Å². The summed E-state index contributed by atoms with van der Waals surface area (Å²) in [6.07, 6.45) is -0.500. The van der Waals surface area contributed by atoms with Crippen LogP contribution in [0, 0.1) is 10.5 Å². The van der Waals surface area contributed by atoms with E-state index in [9.17, 15) is 5.11 Å². The van der Waals surface area contributed by atoms with Crippen molar-refractivity contribution in [3.63, 3.8) is 0 Å². The molecule has 0 fully saturated rings. The largest absolute Gasteiger partial charge is 0.391 e. The molecule has 0 saturated carbocycles. The zero-order valence-electron chi connectivity index (χ0n) is 7.79. The number of nitrogens with two attached hydrogens (primary N) is 1. The number of hydrogen-bond donors (Lipinski definition) is 2. The Balaban J connectivity index is 2.97. The highest BCUT2D eigenvalue weighted by atomic mass is 127. The van der Waals surface area contributed by atoms with E-state index in [1.54, 1.807) is 6.92 Å². The molecule has 0 bridgehead atoms. The summed E-state index contributed by atoms with van der Waals surface area (Å²) in [5.41, 5.74) is 8.00. The topological polar surface area (TPSA) is 46.2 Å². The van der Waals surface area contributed by atoms with Gasteiger partial charge in [0, 0.05) is 3.57 Å². The van der Waals surface area contributed by atoms with Crippen molar-refractivity contribution >= 4 is 22.6 Å². The number of aliphatic hydroxyl groups is 1. The summed E-state index contributed by atoms with van der Waals surface area (Å²) >= 11 is 2.28. The highest BCUT2D eigenvalue weighted by Crippen LogP contribution is 2.19. The van der Waals surface area contributed by atoms with E-state index in [0.717, 1.165) is 5.56 Å². The van der Waals surface area contributed by atoms with E-state index in [-0.39, 0.29) is 6.04 Å². The van der Waals surface area contributed by atoms with Crippen molar-refractivity contribution in [1.82, 2.24) is 0 Å². The van der Waals surface area contributed by atoms with Gasteiger partial charge in [0.2, 0.25) is 0 Å². The van der Waals surface area contributed by atoms with Gasteiger partial charge in [-0.3, -0.25) is 0 Å². The first kappa shape index (κ1) is 10.9. The molecule has 72 valence electrons. The van der Waals surface area contributed by atoms with Gasteiger partial charge in [0.1, 0.15) is 0 Å². The van der Waals surface area contributed by atoms with Crippen molar-refractivity contribution < 1.29 is 5.11 Å². The maximum absolute atomic E-state index is 9.31. The molecule has 0 heterocycles. The lowest BCUT2D eigenvalue weighted by Crippen LogP contribution is -2.23. The van der Waals surface area contributed by atoms with Crippen LogP contribution in [0.1, 0.15) is 24.1 Å². The lowest BCUT2D eigenvalue weighted by Gasteiger charge is -2.15. The minimum atomic E-state index is -0.500. The Labute approximate surface area is 92.3 Å². The number of hydrogen-bond acceptors (Lipinski definition) is 2. The van der Waals surface area contributed by atoms with Crippen molar-refractivity contribution in [1.29, 1.82) is 0 Å². The Bertz CT molecular complexity index is 299. The first-order valence-electron chi connectivity index (χ1n) is 4.22. The lowest BCUT2D eigenvalue weighted by molar-refractivity contribution is 0.164. The van der Waals surface area contributed by atoms with E-state index in [2.05, 4.69) is 22.6 Å². The van der Waals surface area contributed by atoms with Crippen molar-refractivity contribution in [3.05, 3.63) is 32.9 Å². The van der Waals surface area contributed by atoms with Gasteiger partial charge in [-0.25, -0.2) is 0 Å². The first-order chi connectivity index (χ1) is 6.02. The quantitative estimate of drug-likeness (QED) is 0.818. The standard InChI is InChI=1S/C10H14INO/c1-6-5-8(3-4-9(6)11)10(12)7(2)13/h3-5,7,10,13H,12H2,1-2H3/t7-,10+/m0/s1. The zero-order valence-corrected chi connectivity index (χ0v) is 9.95. The normalized spacial score (nSPS) is 15.5. The van der Waals surface area contributed by atoms with Gasteiger partial charge in [-0.1, -0.05) is 12.1 Å². The molecular weight excluding hydrogens is 277 g/mol. The van der Waals surface area contributed by atoms with Gasteiger partial charge in [0.25, 0.3) is 0 Å². The SMILES string of the molecule is Cc1cc([C@H](N)[C@H](C)O)ccc1I. The molecule has 0 aromatic heterocycles. The van der Waals surface area contributed by atoms with Crippen LogP contribution in [-0.4, -0.2) is 11.2 Å². The molecule has 0 amide bonds. The summed E-state index contributed by atoms with van der Waals surface area (Å²) in [6, 6.07) is 5.73. The molecule has 1 aromatic rings. The summed E-state index contributed by atoms with van der Waals surface area (Å²) in [5, 5.41) is 9.31. The molecule has 0 spiro atoms. The second kappa shape index (κ2) is 4.39. The van der Waals surface area contributed by atoms with Crippen LogP contribution in [0.3, 0.4) is 0 Å². The summed E-state index contributed by atoms with van der Waals surface area (Å²) < 4.78 is 1.22. The van der Waals surface area contributed by atoms with Crippen molar-refractivity contribution in [2.24, 2.45) is 5.73 Å². The predicted octanol–water partition coefficient (Wildman–Crippen LogP) is 1.98. The number of aryl methyl sites for hydroxylation is 1. The molecule has 0 saturated heterocycles. The molecule has 0 aliphatic carbocycles. The fourth-order valence-corrected chi connectivity index (χ4v) is 1.49. The molecule has 1 aromatic carbocycles. The fourth-order valence-electron chi connectivity index (χ4n) is 1.15. The summed E-state index contributed by atoms with van der Waals surface area (Å²) in [7, 11) is 0. The molecule has 13 heavy (non-hydrogen) atoms. The van der Waals surface area contributed by atoms with Crippen LogP contribution in [0.25, 0.3) is 0 Å². The summed E-state index contributed by atoms with van der Waals surface area (Å²) in [6.45, 7) is 3.75. The smallest absolute Gasteiger partial charge is 0.0704 e. The minimum absolute atomic E-state index is 0.282. The molecule has 1 rings (SSSR count). The zero-order chi connectivity index (χ0) is 10.0. The Morgan fingerprint density at radius 2 is 2.08 bits per heavy atom. The van der Waals surface area contributed by atoms with Gasteiger partial charge < -0.3 is 10.8 Å². The Morgan fingerprint density at radius 3 is 2.54 bits per heavy atom. The van der Waals surface area contributed by atoms with Gasteiger partial charge in [-0.2, -0.15) is 0 Å². The van der Waals surface area contributed by atoms with Crippen LogP contribution in [0.2, 0.25) is 0 Å². The van der Waals surface area contributed by atoms with E-state index >= 15 is 0 Å². The van der Waals surface area contributed by atoms with Crippen molar-refractivity contribution in [2.75, 3.05) is 0 Å². The Hall–Kier alpha value is -0.130. The summed E-state index contributed by atoms with van der Waals surface area (Å²) in [5.74, 6) is 0. The number of rotatable bonds is 2.